The van der Waals surface area contributed by atoms with Crippen molar-refractivity contribution in [1.29, 1.82) is 0 Å². The molecule has 1 aliphatic carbocycles. The van der Waals surface area contributed by atoms with Gasteiger partial charge in [0.15, 0.2) is 0 Å². The summed E-state index contributed by atoms with van der Waals surface area (Å²) in [5, 5.41) is 3.16. The van der Waals surface area contributed by atoms with Crippen molar-refractivity contribution in [3.63, 3.8) is 0 Å². The molecule has 0 aromatic carbocycles. The first kappa shape index (κ1) is 38.6. The highest BCUT2D eigenvalue weighted by Gasteiger charge is 2.16. The zero-order valence-corrected chi connectivity index (χ0v) is 29.5. The Balaban J connectivity index is 1.37. The predicted octanol–water partition coefficient (Wildman–Crippen LogP) is 11.5. The van der Waals surface area contributed by atoms with Crippen molar-refractivity contribution >= 4 is 11.7 Å². The van der Waals surface area contributed by atoms with Crippen molar-refractivity contribution in [2.75, 3.05) is 26.2 Å². The number of hydrogen-bond acceptors (Lipinski definition) is 3. The molecular weight excluding hydrogens is 538 g/mol. The van der Waals surface area contributed by atoms with Crippen LogP contribution in [0, 0.1) is 5.92 Å². The molecule has 1 unspecified atom stereocenters. The van der Waals surface area contributed by atoms with Crippen LogP contribution in [0.2, 0.25) is 0 Å². The zero-order chi connectivity index (χ0) is 31.3. The number of carbonyl (C=O) groups excluding carboxylic acids is 1. The second-order valence-corrected chi connectivity index (χ2v) is 13.9. The predicted molar refractivity (Wildman–Crippen MR) is 194 cm³/mol. The number of aliphatic imine (C=N–C) groups is 1. The van der Waals surface area contributed by atoms with Gasteiger partial charge in [-0.2, -0.15) is 0 Å². The second-order valence-electron chi connectivity index (χ2n) is 13.9. The Hall–Kier alpha value is -1.58. The molecule has 1 saturated carbocycles. The molecular formula is C40H73N3O. The molecule has 1 heterocycles. The Morgan fingerprint density at radius 2 is 1.43 bits per heavy atom. The van der Waals surface area contributed by atoms with Crippen LogP contribution >= 0.6 is 0 Å². The van der Waals surface area contributed by atoms with E-state index < -0.39 is 0 Å². The fourth-order valence-corrected chi connectivity index (χ4v) is 6.90. The van der Waals surface area contributed by atoms with E-state index in [1.54, 1.807) is 5.57 Å². The third kappa shape index (κ3) is 20.5. The summed E-state index contributed by atoms with van der Waals surface area (Å²) in [7, 11) is 0. The van der Waals surface area contributed by atoms with E-state index >= 15 is 0 Å². The fourth-order valence-electron chi connectivity index (χ4n) is 6.90. The summed E-state index contributed by atoms with van der Waals surface area (Å²) in [5.41, 5.74) is 1.75. The van der Waals surface area contributed by atoms with E-state index in [-0.39, 0.29) is 5.91 Å². The summed E-state index contributed by atoms with van der Waals surface area (Å²) in [6.45, 7) is 8.32. The molecule has 1 fully saturated rings. The van der Waals surface area contributed by atoms with Crippen molar-refractivity contribution in [2.24, 2.45) is 10.9 Å². The van der Waals surface area contributed by atoms with Gasteiger partial charge in [0.25, 0.3) is 0 Å². The number of nitrogens with zero attached hydrogens (tertiary/aromatic N) is 2. The minimum absolute atomic E-state index is 0.222. The number of unbranched alkanes of at least 4 members (excludes halogenated alkanes) is 16. The van der Waals surface area contributed by atoms with Crippen LogP contribution in [-0.4, -0.2) is 42.8 Å². The SMILES string of the molecule is CCCCCCCC/C=C\CCCCCCCC(=O)NCCN1CCN=C1CCCCCCC/C=C1/CCCCCCC1C. The Morgan fingerprint density at radius 1 is 0.795 bits per heavy atom. The lowest BCUT2D eigenvalue weighted by molar-refractivity contribution is -0.121. The molecule has 1 amide bonds. The zero-order valence-electron chi connectivity index (χ0n) is 29.5. The molecule has 1 atom stereocenters. The Kier molecular flexibility index (Phi) is 24.3. The number of rotatable bonds is 26. The molecule has 0 spiro atoms. The van der Waals surface area contributed by atoms with Crippen LogP contribution in [0.5, 0.6) is 0 Å². The third-order valence-electron chi connectivity index (χ3n) is 9.90. The van der Waals surface area contributed by atoms with E-state index in [9.17, 15) is 4.79 Å². The van der Waals surface area contributed by atoms with Gasteiger partial charge in [-0.25, -0.2) is 0 Å². The van der Waals surface area contributed by atoms with Crippen LogP contribution in [0.1, 0.15) is 187 Å². The van der Waals surface area contributed by atoms with E-state index in [1.807, 2.05) is 0 Å². The summed E-state index contributed by atoms with van der Waals surface area (Å²) in [5.74, 6) is 2.32. The van der Waals surface area contributed by atoms with Crippen LogP contribution in [-0.2, 0) is 4.79 Å². The average molecular weight is 612 g/mol. The first-order chi connectivity index (χ1) is 21.7. The maximum atomic E-state index is 12.3. The summed E-state index contributed by atoms with van der Waals surface area (Å²) < 4.78 is 0. The fraction of sp³-hybridized carbons (Fsp3) is 0.850. The molecule has 1 aliphatic heterocycles. The van der Waals surface area contributed by atoms with Gasteiger partial charge < -0.3 is 10.2 Å². The molecule has 44 heavy (non-hydrogen) atoms. The quantitative estimate of drug-likeness (QED) is 0.0781. The summed E-state index contributed by atoms with van der Waals surface area (Å²) in [6, 6.07) is 0. The summed E-state index contributed by atoms with van der Waals surface area (Å²) in [6.07, 6.45) is 42.3. The molecule has 2 rings (SSSR count). The summed E-state index contributed by atoms with van der Waals surface area (Å²) >= 11 is 0. The highest BCUT2D eigenvalue weighted by Crippen LogP contribution is 2.27. The maximum absolute atomic E-state index is 12.3. The minimum Gasteiger partial charge on any atom is -0.357 e. The highest BCUT2D eigenvalue weighted by atomic mass is 16.1. The second kappa shape index (κ2) is 27.7. The third-order valence-corrected chi connectivity index (χ3v) is 9.90. The number of amides is 1. The molecule has 0 aromatic rings. The van der Waals surface area contributed by atoms with Crippen LogP contribution in [0.4, 0.5) is 0 Å². The largest absolute Gasteiger partial charge is 0.357 e. The number of amidine groups is 1. The molecule has 0 bridgehead atoms. The molecule has 4 nitrogen and oxygen atoms in total. The van der Waals surface area contributed by atoms with E-state index in [0.717, 1.165) is 44.9 Å². The maximum Gasteiger partial charge on any atom is 0.220 e. The van der Waals surface area contributed by atoms with Crippen LogP contribution in [0.3, 0.4) is 0 Å². The first-order valence-electron chi connectivity index (χ1n) is 19.6. The van der Waals surface area contributed by atoms with Gasteiger partial charge in [-0.05, 0) is 76.5 Å². The van der Waals surface area contributed by atoms with E-state index in [2.05, 4.69) is 42.3 Å². The molecule has 1 N–H and O–H groups in total. The number of carbonyl (C=O) groups is 1. The van der Waals surface area contributed by atoms with Crippen LogP contribution in [0.25, 0.3) is 0 Å². The molecule has 0 saturated heterocycles. The first-order valence-corrected chi connectivity index (χ1v) is 19.6. The van der Waals surface area contributed by atoms with Crippen molar-refractivity contribution in [2.45, 2.75) is 187 Å². The van der Waals surface area contributed by atoms with Gasteiger partial charge in [-0.1, -0.05) is 128 Å². The van der Waals surface area contributed by atoms with Gasteiger partial charge in [0.1, 0.15) is 0 Å². The van der Waals surface area contributed by atoms with Crippen molar-refractivity contribution in [3.8, 4) is 0 Å². The lowest BCUT2D eigenvalue weighted by atomic mass is 9.87. The minimum atomic E-state index is 0.222. The van der Waals surface area contributed by atoms with Gasteiger partial charge in [-0.3, -0.25) is 9.79 Å². The smallest absolute Gasteiger partial charge is 0.220 e. The normalized spacial score (nSPS) is 18.6. The molecule has 4 heteroatoms. The van der Waals surface area contributed by atoms with Gasteiger partial charge in [0.05, 0.1) is 12.4 Å². The highest BCUT2D eigenvalue weighted by molar-refractivity contribution is 5.83. The van der Waals surface area contributed by atoms with E-state index in [1.165, 1.54) is 160 Å². The molecule has 2 aliphatic rings. The van der Waals surface area contributed by atoms with Crippen molar-refractivity contribution in [3.05, 3.63) is 23.8 Å². The Bertz CT molecular complexity index is 785. The summed E-state index contributed by atoms with van der Waals surface area (Å²) in [4.78, 5) is 19.5. The van der Waals surface area contributed by atoms with Gasteiger partial charge in [-0.15, -0.1) is 0 Å². The van der Waals surface area contributed by atoms with Gasteiger partial charge >= 0.3 is 0 Å². The monoisotopic (exact) mass is 612 g/mol. The molecule has 0 aromatic heterocycles. The number of allylic oxidation sites excluding steroid dienone is 4. The standard InChI is InChI=1S/C40H73N3O/c1-3-4-5-6-7-8-9-10-11-12-13-14-15-20-27-32-40(44)42-34-36-43-35-33-41-39(43)31-26-19-17-16-18-24-29-38-30-25-22-21-23-28-37(38)2/h10-11,29,37H,3-9,12-28,30-36H2,1-2H3,(H,42,44)/b11-10-,38-29-. The molecule has 0 radical (unpaired) electrons. The van der Waals surface area contributed by atoms with Crippen molar-refractivity contribution in [1.82, 2.24) is 10.2 Å². The van der Waals surface area contributed by atoms with E-state index in [0.29, 0.717) is 6.42 Å². The van der Waals surface area contributed by atoms with Gasteiger partial charge in [0, 0.05) is 32.5 Å². The number of nitrogens with one attached hydrogen (secondary N) is 1. The van der Waals surface area contributed by atoms with Crippen molar-refractivity contribution < 1.29 is 4.79 Å². The Morgan fingerprint density at radius 3 is 2.18 bits per heavy atom. The lowest BCUT2D eigenvalue weighted by Crippen LogP contribution is -2.36. The van der Waals surface area contributed by atoms with Crippen LogP contribution in [0.15, 0.2) is 28.8 Å². The number of hydrogen-bond donors (Lipinski definition) is 1. The molecule has 254 valence electrons. The Labute approximate surface area is 274 Å². The van der Waals surface area contributed by atoms with Crippen LogP contribution < -0.4 is 5.32 Å². The van der Waals surface area contributed by atoms with E-state index in [4.69, 9.17) is 4.99 Å². The lowest BCUT2D eigenvalue weighted by Gasteiger charge is -2.20. The topological polar surface area (TPSA) is 44.7 Å². The van der Waals surface area contributed by atoms with Gasteiger partial charge in [0.2, 0.25) is 5.91 Å². The average Bonchev–Trinajstić information content (AvgIpc) is 3.46.